The minimum Gasteiger partial charge on any atom is -0.485 e. The van der Waals surface area contributed by atoms with Gasteiger partial charge >= 0.3 is 0 Å². The lowest BCUT2D eigenvalue weighted by Crippen LogP contribution is -2.51. The molecule has 0 bridgehead atoms. The van der Waals surface area contributed by atoms with Crippen LogP contribution in [0.3, 0.4) is 0 Å². The van der Waals surface area contributed by atoms with Gasteiger partial charge in [0.25, 0.3) is 0 Å². The van der Waals surface area contributed by atoms with Crippen LogP contribution < -0.4 is 10.1 Å². The normalized spacial score (nSPS) is 18.9. The first kappa shape index (κ1) is 23.6. The number of hydrogen-bond donors (Lipinski definition) is 1. The Labute approximate surface area is 199 Å². The first-order valence-electron chi connectivity index (χ1n) is 11.2. The van der Waals surface area contributed by atoms with Gasteiger partial charge in [0.05, 0.1) is 6.61 Å². The minimum atomic E-state index is -0.607. The first-order chi connectivity index (χ1) is 15.9. The van der Waals surface area contributed by atoms with E-state index in [9.17, 15) is 4.39 Å². The number of anilines is 1. The Bertz CT molecular complexity index is 1100. The molecule has 0 saturated heterocycles. The van der Waals surface area contributed by atoms with Crippen molar-refractivity contribution in [2.75, 3.05) is 11.9 Å². The van der Waals surface area contributed by atoms with Gasteiger partial charge in [0, 0.05) is 29.4 Å². The zero-order chi connectivity index (χ0) is 23.4. The monoisotopic (exact) mass is 469 g/mol. The summed E-state index contributed by atoms with van der Waals surface area (Å²) >= 11 is 6.33. The van der Waals surface area contributed by atoms with Gasteiger partial charge in [-0.25, -0.2) is 4.39 Å². The Morgan fingerprint density at radius 2 is 1.85 bits per heavy atom. The summed E-state index contributed by atoms with van der Waals surface area (Å²) in [4.78, 5) is 0. The SMILES string of the molecule is CCOC1c2cc(NCc3cccc(F)c3)ccc2OC(C)(C)C1OCc1ccccc1Cl. The lowest BCUT2D eigenvalue weighted by Gasteiger charge is -2.44. The van der Waals surface area contributed by atoms with E-state index in [0.717, 1.165) is 28.1 Å². The maximum Gasteiger partial charge on any atom is 0.132 e. The Morgan fingerprint density at radius 3 is 2.61 bits per heavy atom. The van der Waals surface area contributed by atoms with Gasteiger partial charge in [0.15, 0.2) is 0 Å². The summed E-state index contributed by atoms with van der Waals surface area (Å²) in [5, 5.41) is 4.04. The summed E-state index contributed by atoms with van der Waals surface area (Å²) in [5.41, 5.74) is 3.00. The standard InChI is InChI=1S/C27H29ClFNO3/c1-4-31-25-22-15-21(30-16-18-8-7-10-20(29)14-18)12-13-24(22)33-27(2,3)26(25)32-17-19-9-5-6-11-23(19)28/h5-15,25-26,30H,4,16-17H2,1-3H3. The maximum absolute atomic E-state index is 13.5. The lowest BCUT2D eigenvalue weighted by molar-refractivity contribution is -0.165. The smallest absolute Gasteiger partial charge is 0.132 e. The molecule has 6 heteroatoms. The molecule has 0 spiro atoms. The fourth-order valence-corrected chi connectivity index (χ4v) is 4.32. The van der Waals surface area contributed by atoms with Crippen molar-refractivity contribution in [3.8, 4) is 5.75 Å². The van der Waals surface area contributed by atoms with E-state index >= 15 is 0 Å². The fraction of sp³-hybridized carbons (Fsp3) is 0.333. The summed E-state index contributed by atoms with van der Waals surface area (Å²) in [5.74, 6) is 0.526. The number of benzene rings is 3. The van der Waals surface area contributed by atoms with Gasteiger partial charge in [-0.1, -0.05) is 41.9 Å². The highest BCUT2D eigenvalue weighted by Crippen LogP contribution is 2.44. The molecule has 3 aromatic carbocycles. The van der Waals surface area contributed by atoms with Crippen molar-refractivity contribution in [1.29, 1.82) is 0 Å². The molecule has 1 aliphatic rings. The van der Waals surface area contributed by atoms with E-state index in [4.69, 9.17) is 25.8 Å². The molecule has 2 unspecified atom stereocenters. The summed E-state index contributed by atoms with van der Waals surface area (Å²) in [7, 11) is 0. The van der Waals surface area contributed by atoms with E-state index in [1.165, 1.54) is 12.1 Å². The zero-order valence-corrected chi connectivity index (χ0v) is 19.9. The van der Waals surface area contributed by atoms with Gasteiger partial charge in [0.2, 0.25) is 0 Å². The van der Waals surface area contributed by atoms with Crippen LogP contribution in [0, 0.1) is 5.82 Å². The predicted molar refractivity (Wildman–Crippen MR) is 129 cm³/mol. The minimum absolute atomic E-state index is 0.245. The largest absolute Gasteiger partial charge is 0.485 e. The van der Waals surface area contributed by atoms with Crippen LogP contribution in [0.25, 0.3) is 0 Å². The number of rotatable bonds is 8. The van der Waals surface area contributed by atoms with Crippen molar-refractivity contribution in [2.24, 2.45) is 0 Å². The molecule has 4 nitrogen and oxygen atoms in total. The number of fused-ring (bicyclic) bond motifs is 1. The van der Waals surface area contributed by atoms with Crippen LogP contribution in [0.1, 0.15) is 43.6 Å². The highest BCUT2D eigenvalue weighted by molar-refractivity contribution is 6.31. The molecule has 174 valence electrons. The number of halogens is 2. The second-order valence-electron chi connectivity index (χ2n) is 8.64. The molecular formula is C27H29ClFNO3. The molecule has 0 amide bonds. The summed E-state index contributed by atoms with van der Waals surface area (Å²) < 4.78 is 32.4. The van der Waals surface area contributed by atoms with E-state index in [0.29, 0.717) is 24.8 Å². The van der Waals surface area contributed by atoms with Gasteiger partial charge in [0.1, 0.15) is 29.4 Å². The fourth-order valence-electron chi connectivity index (χ4n) is 4.13. The molecule has 2 atom stereocenters. The van der Waals surface area contributed by atoms with Crippen molar-refractivity contribution >= 4 is 17.3 Å². The quantitative estimate of drug-likeness (QED) is 0.388. The molecule has 4 rings (SSSR count). The van der Waals surface area contributed by atoms with Crippen LogP contribution in [-0.2, 0) is 22.6 Å². The second-order valence-corrected chi connectivity index (χ2v) is 9.05. The first-order valence-corrected chi connectivity index (χ1v) is 11.5. The number of ether oxygens (including phenoxy) is 3. The van der Waals surface area contributed by atoms with E-state index in [1.807, 2.05) is 69.3 Å². The van der Waals surface area contributed by atoms with Crippen LogP contribution in [0.2, 0.25) is 5.02 Å². The third kappa shape index (κ3) is 5.49. The van der Waals surface area contributed by atoms with Crippen LogP contribution in [0.15, 0.2) is 66.7 Å². The van der Waals surface area contributed by atoms with Crippen molar-refractivity contribution in [3.63, 3.8) is 0 Å². The van der Waals surface area contributed by atoms with E-state index in [1.54, 1.807) is 6.07 Å². The van der Waals surface area contributed by atoms with Gasteiger partial charge in [-0.15, -0.1) is 0 Å². The molecule has 1 aliphatic heterocycles. The summed E-state index contributed by atoms with van der Waals surface area (Å²) in [6, 6.07) is 20.2. The summed E-state index contributed by atoms with van der Waals surface area (Å²) in [6.45, 7) is 7.39. The predicted octanol–water partition coefficient (Wildman–Crippen LogP) is 6.93. The van der Waals surface area contributed by atoms with Crippen molar-refractivity contribution in [2.45, 2.75) is 51.7 Å². The van der Waals surface area contributed by atoms with E-state index in [2.05, 4.69) is 5.32 Å². The Balaban J connectivity index is 1.57. The van der Waals surface area contributed by atoms with Gasteiger partial charge in [-0.2, -0.15) is 0 Å². The molecule has 1 heterocycles. The Hall–Kier alpha value is -2.60. The third-order valence-electron chi connectivity index (χ3n) is 5.76. The average molecular weight is 470 g/mol. The number of nitrogens with one attached hydrogen (secondary N) is 1. The molecule has 0 fully saturated rings. The van der Waals surface area contributed by atoms with Crippen molar-refractivity contribution < 1.29 is 18.6 Å². The third-order valence-corrected chi connectivity index (χ3v) is 6.13. The zero-order valence-electron chi connectivity index (χ0n) is 19.1. The number of hydrogen-bond acceptors (Lipinski definition) is 4. The highest BCUT2D eigenvalue weighted by Gasteiger charge is 2.45. The molecule has 3 aromatic rings. The lowest BCUT2D eigenvalue weighted by atomic mass is 9.87. The van der Waals surface area contributed by atoms with Crippen molar-refractivity contribution in [1.82, 2.24) is 0 Å². The van der Waals surface area contributed by atoms with Crippen LogP contribution >= 0.6 is 11.6 Å². The van der Waals surface area contributed by atoms with Gasteiger partial charge in [-0.05, 0) is 68.3 Å². The topological polar surface area (TPSA) is 39.7 Å². The van der Waals surface area contributed by atoms with E-state index < -0.39 is 5.60 Å². The van der Waals surface area contributed by atoms with Gasteiger partial charge < -0.3 is 19.5 Å². The van der Waals surface area contributed by atoms with Crippen molar-refractivity contribution in [3.05, 3.63) is 94.3 Å². The molecule has 0 aromatic heterocycles. The average Bonchev–Trinajstić information content (AvgIpc) is 2.78. The molecular weight excluding hydrogens is 441 g/mol. The maximum atomic E-state index is 13.5. The Kier molecular flexibility index (Phi) is 7.23. The van der Waals surface area contributed by atoms with Crippen LogP contribution in [0.4, 0.5) is 10.1 Å². The molecule has 0 saturated carbocycles. The molecule has 33 heavy (non-hydrogen) atoms. The van der Waals surface area contributed by atoms with Crippen LogP contribution in [0.5, 0.6) is 5.75 Å². The summed E-state index contributed by atoms with van der Waals surface area (Å²) in [6.07, 6.45) is -0.660. The van der Waals surface area contributed by atoms with Gasteiger partial charge in [-0.3, -0.25) is 0 Å². The van der Waals surface area contributed by atoms with E-state index in [-0.39, 0.29) is 18.0 Å². The second kappa shape index (κ2) is 10.1. The highest BCUT2D eigenvalue weighted by atomic mass is 35.5. The Morgan fingerprint density at radius 1 is 1.03 bits per heavy atom. The molecule has 1 N–H and O–H groups in total. The molecule has 0 radical (unpaired) electrons. The van der Waals surface area contributed by atoms with Crippen LogP contribution in [-0.4, -0.2) is 18.3 Å². The molecule has 0 aliphatic carbocycles.